The van der Waals surface area contributed by atoms with Crippen LogP contribution in [0.25, 0.3) is 0 Å². The zero-order chi connectivity index (χ0) is 15.5. The van der Waals surface area contributed by atoms with Crippen molar-refractivity contribution in [3.8, 4) is 5.75 Å². The Morgan fingerprint density at radius 1 is 1.43 bits per heavy atom. The van der Waals surface area contributed by atoms with Crippen LogP contribution in [0.4, 0.5) is 5.69 Å². The van der Waals surface area contributed by atoms with Crippen molar-refractivity contribution in [1.29, 1.82) is 0 Å². The Labute approximate surface area is 125 Å². The van der Waals surface area contributed by atoms with Crippen molar-refractivity contribution in [2.45, 2.75) is 26.7 Å². The molecule has 0 fully saturated rings. The number of hydrogen-bond acceptors (Lipinski definition) is 3. The summed E-state index contributed by atoms with van der Waals surface area (Å²) in [7, 11) is 0. The average Bonchev–Trinajstić information content (AvgIpc) is 2.44. The summed E-state index contributed by atoms with van der Waals surface area (Å²) in [5.74, 6) is 1.04. The number of carbonyl (C=O) groups is 1. The molecule has 0 saturated carbocycles. The van der Waals surface area contributed by atoms with Crippen molar-refractivity contribution >= 4 is 17.6 Å². The van der Waals surface area contributed by atoms with E-state index in [-0.39, 0.29) is 5.91 Å². The number of rotatable bonds is 8. The van der Waals surface area contributed by atoms with E-state index in [9.17, 15) is 4.79 Å². The second-order valence-corrected chi connectivity index (χ2v) is 4.60. The van der Waals surface area contributed by atoms with E-state index in [1.165, 1.54) is 6.92 Å². The van der Waals surface area contributed by atoms with E-state index in [0.717, 1.165) is 19.4 Å². The SMILES string of the molecule is CCCCN=C(N)NCCOc1cccc(NC(C)=O)c1. The van der Waals surface area contributed by atoms with Gasteiger partial charge in [0.15, 0.2) is 5.96 Å². The van der Waals surface area contributed by atoms with Gasteiger partial charge in [-0.25, -0.2) is 0 Å². The van der Waals surface area contributed by atoms with Gasteiger partial charge >= 0.3 is 0 Å². The predicted octanol–water partition coefficient (Wildman–Crippen LogP) is 1.73. The Bertz CT molecular complexity index is 474. The first-order valence-corrected chi connectivity index (χ1v) is 7.16. The standard InChI is InChI=1S/C15H24N4O2/c1-3-4-8-17-15(16)18-9-10-21-14-7-5-6-13(11-14)19-12(2)20/h5-7,11H,3-4,8-10H2,1-2H3,(H,19,20)(H3,16,17,18). The summed E-state index contributed by atoms with van der Waals surface area (Å²) in [6.07, 6.45) is 2.14. The minimum atomic E-state index is -0.107. The summed E-state index contributed by atoms with van der Waals surface area (Å²) in [6, 6.07) is 7.25. The highest BCUT2D eigenvalue weighted by Crippen LogP contribution is 2.16. The molecule has 6 nitrogen and oxygen atoms in total. The maximum Gasteiger partial charge on any atom is 0.221 e. The van der Waals surface area contributed by atoms with Crippen molar-refractivity contribution < 1.29 is 9.53 Å². The van der Waals surface area contributed by atoms with Crippen LogP contribution in [0, 0.1) is 0 Å². The molecule has 116 valence electrons. The summed E-state index contributed by atoms with van der Waals surface area (Å²) in [4.78, 5) is 15.2. The molecule has 0 radical (unpaired) electrons. The molecular formula is C15H24N4O2. The Morgan fingerprint density at radius 3 is 2.95 bits per heavy atom. The molecule has 1 rings (SSSR count). The number of aliphatic imine (C=N–C) groups is 1. The smallest absolute Gasteiger partial charge is 0.221 e. The van der Waals surface area contributed by atoms with Gasteiger partial charge in [-0.2, -0.15) is 0 Å². The molecule has 1 amide bonds. The Kier molecular flexibility index (Phi) is 7.71. The van der Waals surface area contributed by atoms with Crippen LogP contribution in [0.5, 0.6) is 5.75 Å². The molecule has 0 unspecified atom stereocenters. The number of benzene rings is 1. The number of amides is 1. The molecular weight excluding hydrogens is 268 g/mol. The summed E-state index contributed by atoms with van der Waals surface area (Å²) in [5.41, 5.74) is 6.43. The average molecular weight is 292 g/mol. The highest BCUT2D eigenvalue weighted by molar-refractivity contribution is 5.88. The van der Waals surface area contributed by atoms with Gasteiger partial charge in [-0.05, 0) is 18.6 Å². The minimum absolute atomic E-state index is 0.107. The quantitative estimate of drug-likeness (QED) is 0.387. The fourth-order valence-electron chi connectivity index (χ4n) is 1.63. The fraction of sp³-hybridized carbons (Fsp3) is 0.467. The van der Waals surface area contributed by atoms with E-state index < -0.39 is 0 Å². The topological polar surface area (TPSA) is 88.7 Å². The molecule has 0 aliphatic carbocycles. The zero-order valence-corrected chi connectivity index (χ0v) is 12.7. The molecule has 1 aromatic rings. The summed E-state index contributed by atoms with van der Waals surface area (Å²) < 4.78 is 5.58. The van der Waals surface area contributed by atoms with E-state index in [2.05, 4.69) is 22.5 Å². The van der Waals surface area contributed by atoms with Gasteiger partial charge in [0.05, 0.1) is 6.54 Å². The highest BCUT2D eigenvalue weighted by Gasteiger charge is 1.99. The number of nitrogens with one attached hydrogen (secondary N) is 2. The van der Waals surface area contributed by atoms with Crippen LogP contribution in [0.3, 0.4) is 0 Å². The lowest BCUT2D eigenvalue weighted by atomic mass is 10.3. The van der Waals surface area contributed by atoms with E-state index in [4.69, 9.17) is 10.5 Å². The van der Waals surface area contributed by atoms with Gasteiger partial charge < -0.3 is 21.1 Å². The normalized spacial score (nSPS) is 11.0. The van der Waals surface area contributed by atoms with Crippen LogP contribution in [-0.2, 0) is 4.79 Å². The lowest BCUT2D eigenvalue weighted by Crippen LogP contribution is -2.34. The Balaban J connectivity index is 2.29. The van der Waals surface area contributed by atoms with Crippen LogP contribution in [0.15, 0.2) is 29.3 Å². The molecule has 0 atom stereocenters. The first kappa shape index (κ1) is 16.8. The first-order chi connectivity index (χ1) is 10.1. The zero-order valence-electron chi connectivity index (χ0n) is 12.7. The van der Waals surface area contributed by atoms with Crippen molar-refractivity contribution in [2.75, 3.05) is 25.0 Å². The molecule has 6 heteroatoms. The van der Waals surface area contributed by atoms with Crippen LogP contribution < -0.4 is 21.1 Å². The molecule has 0 aliphatic rings. The van der Waals surface area contributed by atoms with E-state index in [1.54, 1.807) is 6.07 Å². The molecule has 0 aliphatic heterocycles. The van der Waals surface area contributed by atoms with Crippen LogP contribution in [0.1, 0.15) is 26.7 Å². The van der Waals surface area contributed by atoms with Crippen molar-refractivity contribution in [3.05, 3.63) is 24.3 Å². The van der Waals surface area contributed by atoms with Crippen LogP contribution >= 0.6 is 0 Å². The van der Waals surface area contributed by atoms with Crippen molar-refractivity contribution in [1.82, 2.24) is 5.32 Å². The van der Waals surface area contributed by atoms with Gasteiger partial charge in [0.2, 0.25) is 5.91 Å². The maximum atomic E-state index is 11.0. The molecule has 0 spiro atoms. The number of nitrogens with two attached hydrogens (primary N) is 1. The van der Waals surface area contributed by atoms with Gasteiger partial charge in [-0.3, -0.25) is 9.79 Å². The van der Waals surface area contributed by atoms with E-state index in [1.807, 2.05) is 18.2 Å². The van der Waals surface area contributed by atoms with Gasteiger partial charge in [-0.1, -0.05) is 19.4 Å². The second-order valence-electron chi connectivity index (χ2n) is 4.60. The highest BCUT2D eigenvalue weighted by atomic mass is 16.5. The number of guanidine groups is 1. The van der Waals surface area contributed by atoms with Crippen molar-refractivity contribution in [2.24, 2.45) is 10.7 Å². The van der Waals surface area contributed by atoms with Gasteiger partial charge in [-0.15, -0.1) is 0 Å². The maximum absolute atomic E-state index is 11.0. The number of ether oxygens (including phenoxy) is 1. The predicted molar refractivity (Wildman–Crippen MR) is 85.6 cm³/mol. The summed E-state index contributed by atoms with van der Waals surface area (Å²) in [6.45, 7) is 5.37. The van der Waals surface area contributed by atoms with Gasteiger partial charge in [0.1, 0.15) is 12.4 Å². The Morgan fingerprint density at radius 2 is 2.24 bits per heavy atom. The third kappa shape index (κ3) is 7.81. The summed E-state index contributed by atoms with van der Waals surface area (Å²) in [5, 5.41) is 5.70. The molecule has 0 bridgehead atoms. The lowest BCUT2D eigenvalue weighted by Gasteiger charge is -2.09. The third-order valence-corrected chi connectivity index (χ3v) is 2.63. The molecule has 21 heavy (non-hydrogen) atoms. The second kappa shape index (κ2) is 9.63. The molecule has 0 heterocycles. The number of hydrogen-bond donors (Lipinski definition) is 3. The molecule has 0 saturated heterocycles. The molecule has 4 N–H and O–H groups in total. The number of nitrogens with zero attached hydrogens (tertiary/aromatic N) is 1. The molecule has 1 aromatic carbocycles. The molecule has 0 aromatic heterocycles. The van der Waals surface area contributed by atoms with Crippen LogP contribution in [-0.4, -0.2) is 31.6 Å². The Hall–Kier alpha value is -2.24. The number of anilines is 1. The van der Waals surface area contributed by atoms with Crippen LogP contribution in [0.2, 0.25) is 0 Å². The van der Waals surface area contributed by atoms with Gasteiger partial charge in [0, 0.05) is 25.2 Å². The minimum Gasteiger partial charge on any atom is -0.492 e. The first-order valence-electron chi connectivity index (χ1n) is 7.16. The lowest BCUT2D eigenvalue weighted by molar-refractivity contribution is -0.114. The third-order valence-electron chi connectivity index (χ3n) is 2.63. The monoisotopic (exact) mass is 292 g/mol. The van der Waals surface area contributed by atoms with Crippen molar-refractivity contribution in [3.63, 3.8) is 0 Å². The summed E-state index contributed by atoms with van der Waals surface area (Å²) >= 11 is 0. The number of carbonyl (C=O) groups excluding carboxylic acids is 1. The number of unbranched alkanes of at least 4 members (excludes halogenated alkanes) is 1. The fourth-order valence-corrected chi connectivity index (χ4v) is 1.63. The largest absolute Gasteiger partial charge is 0.492 e. The van der Waals surface area contributed by atoms with Gasteiger partial charge in [0.25, 0.3) is 0 Å². The van der Waals surface area contributed by atoms with E-state index in [0.29, 0.717) is 30.5 Å². The van der Waals surface area contributed by atoms with E-state index >= 15 is 0 Å².